The number of benzene rings is 3. The predicted molar refractivity (Wildman–Crippen MR) is 131 cm³/mol. The fourth-order valence-corrected chi connectivity index (χ4v) is 5.51. The molecule has 2 heterocycles. The summed E-state index contributed by atoms with van der Waals surface area (Å²) >= 11 is 0. The number of carbonyl (C=O) groups is 1. The van der Waals surface area contributed by atoms with Gasteiger partial charge in [0.2, 0.25) is 9.84 Å². The van der Waals surface area contributed by atoms with Gasteiger partial charge < -0.3 is 9.80 Å². The van der Waals surface area contributed by atoms with Crippen LogP contribution in [0.3, 0.4) is 0 Å². The van der Waals surface area contributed by atoms with Crippen molar-refractivity contribution in [3.63, 3.8) is 0 Å². The molecule has 1 N–H and O–H groups in total. The molecule has 1 fully saturated rings. The molecule has 10 heteroatoms. The molecule has 0 radical (unpaired) electrons. The van der Waals surface area contributed by atoms with Gasteiger partial charge in [0.15, 0.2) is 0 Å². The number of halogens is 1. The Morgan fingerprint density at radius 1 is 0.943 bits per heavy atom. The van der Waals surface area contributed by atoms with Crippen LogP contribution in [0.2, 0.25) is 0 Å². The van der Waals surface area contributed by atoms with E-state index in [0.717, 1.165) is 37.9 Å². The summed E-state index contributed by atoms with van der Waals surface area (Å²) in [6.45, 7) is 3.49. The number of likely N-dealkylation sites (N-methyl/N-ethyl adjacent to an activating group) is 1. The van der Waals surface area contributed by atoms with Crippen molar-refractivity contribution in [2.75, 3.05) is 43.6 Å². The molecule has 4 aromatic rings. The third kappa shape index (κ3) is 4.50. The van der Waals surface area contributed by atoms with Gasteiger partial charge in [-0.1, -0.05) is 18.2 Å². The van der Waals surface area contributed by atoms with E-state index in [1.165, 1.54) is 41.3 Å². The van der Waals surface area contributed by atoms with Crippen molar-refractivity contribution >= 4 is 32.3 Å². The zero-order valence-corrected chi connectivity index (χ0v) is 19.9. The van der Waals surface area contributed by atoms with Gasteiger partial charge in [-0.25, -0.2) is 18.2 Å². The molecule has 0 unspecified atom stereocenters. The van der Waals surface area contributed by atoms with Crippen LogP contribution in [0.15, 0.2) is 82.7 Å². The van der Waals surface area contributed by atoms with E-state index in [2.05, 4.69) is 27.4 Å². The number of carbonyl (C=O) groups excluding carboxylic acids is 1. The van der Waals surface area contributed by atoms with Crippen LogP contribution in [-0.2, 0) is 9.84 Å². The first-order valence-corrected chi connectivity index (χ1v) is 12.6. The fraction of sp³-hybridized carbons (Fsp3) is 0.200. The molecule has 1 saturated heterocycles. The van der Waals surface area contributed by atoms with Crippen molar-refractivity contribution in [2.24, 2.45) is 0 Å². The topological polar surface area (TPSA) is 87.5 Å². The summed E-state index contributed by atoms with van der Waals surface area (Å²) in [7, 11) is -1.83. The normalized spacial score (nSPS) is 14.9. The number of nitrogens with one attached hydrogen (secondary N) is 1. The third-order valence-corrected chi connectivity index (χ3v) is 7.91. The van der Waals surface area contributed by atoms with E-state index in [-0.39, 0.29) is 15.7 Å². The molecule has 1 aromatic heterocycles. The minimum absolute atomic E-state index is 0.0156. The van der Waals surface area contributed by atoms with Crippen molar-refractivity contribution in [3.05, 3.63) is 84.3 Å². The summed E-state index contributed by atoms with van der Waals surface area (Å²) < 4.78 is 39.4. The Balaban J connectivity index is 1.41. The van der Waals surface area contributed by atoms with E-state index in [9.17, 15) is 17.6 Å². The van der Waals surface area contributed by atoms with Crippen LogP contribution in [0, 0.1) is 5.82 Å². The molecular formula is C25H24FN5O3S. The van der Waals surface area contributed by atoms with E-state index in [1.807, 2.05) is 18.2 Å². The number of nitrogens with zero attached hydrogens (tertiary/aromatic N) is 4. The Hall–Kier alpha value is -3.76. The summed E-state index contributed by atoms with van der Waals surface area (Å²) in [5.41, 5.74) is 4.73. The Bertz CT molecular complexity index is 1510. The molecule has 1 amide bonds. The Morgan fingerprint density at radius 2 is 1.69 bits per heavy atom. The predicted octanol–water partition coefficient (Wildman–Crippen LogP) is 3.14. The van der Waals surface area contributed by atoms with Gasteiger partial charge >= 0.3 is 0 Å². The molecule has 1 aliphatic heterocycles. The van der Waals surface area contributed by atoms with Gasteiger partial charge in [0, 0.05) is 37.3 Å². The Kier molecular flexibility index (Phi) is 6.00. The molecular weight excluding hydrogens is 469 g/mol. The number of aromatic nitrogens is 2. The number of hydrogen-bond acceptors (Lipinski definition) is 6. The van der Waals surface area contributed by atoms with Crippen LogP contribution >= 0.6 is 0 Å². The molecule has 0 bridgehead atoms. The zero-order chi connectivity index (χ0) is 24.6. The highest BCUT2D eigenvalue weighted by Crippen LogP contribution is 2.26. The van der Waals surface area contributed by atoms with Crippen molar-refractivity contribution in [1.82, 2.24) is 14.8 Å². The standard InChI is InChI=1S/C25H24FN5O3S/c1-29-11-13-30(14-12-29)24-8-3-2-7-22(24)25(32)28-31-23-10-9-21(15-18(23)17-27-31)35(33,34)20-6-4-5-19(26)16-20/h2-10,15-17H,11-14H2,1H3,(H,28,32). The fourth-order valence-electron chi connectivity index (χ4n) is 4.18. The monoisotopic (exact) mass is 493 g/mol. The van der Waals surface area contributed by atoms with E-state index in [1.54, 1.807) is 12.1 Å². The van der Waals surface area contributed by atoms with E-state index in [4.69, 9.17) is 0 Å². The largest absolute Gasteiger partial charge is 0.368 e. The molecule has 0 spiro atoms. The molecule has 35 heavy (non-hydrogen) atoms. The first-order chi connectivity index (χ1) is 16.8. The molecule has 0 aliphatic carbocycles. The lowest BCUT2D eigenvalue weighted by Gasteiger charge is -2.34. The second kappa shape index (κ2) is 9.12. The van der Waals surface area contributed by atoms with E-state index < -0.39 is 15.7 Å². The number of sulfone groups is 1. The quantitative estimate of drug-likeness (QED) is 0.460. The Labute approximate surface area is 202 Å². The van der Waals surface area contributed by atoms with Crippen molar-refractivity contribution in [2.45, 2.75) is 9.79 Å². The minimum atomic E-state index is -3.91. The summed E-state index contributed by atoms with van der Waals surface area (Å²) in [6.07, 6.45) is 1.48. The molecule has 3 aromatic carbocycles. The Morgan fingerprint density at radius 3 is 2.46 bits per heavy atom. The average molecular weight is 494 g/mol. The molecule has 8 nitrogen and oxygen atoms in total. The summed E-state index contributed by atoms with van der Waals surface area (Å²) in [4.78, 5) is 18.8. The lowest BCUT2D eigenvalue weighted by atomic mass is 10.1. The van der Waals surface area contributed by atoms with E-state index in [0.29, 0.717) is 16.5 Å². The SMILES string of the molecule is CN1CCN(c2ccccc2C(=O)Nn2ncc3cc(S(=O)(=O)c4cccc(F)c4)ccc32)CC1. The maximum atomic E-state index is 13.6. The summed E-state index contributed by atoms with van der Waals surface area (Å²) in [5.74, 6) is -0.944. The van der Waals surface area contributed by atoms with Gasteiger partial charge in [-0.3, -0.25) is 4.79 Å². The van der Waals surface area contributed by atoms with Gasteiger partial charge in [-0.15, -0.1) is 0 Å². The number of piperazine rings is 1. The number of fused-ring (bicyclic) bond motifs is 1. The second-order valence-electron chi connectivity index (χ2n) is 8.49. The highest BCUT2D eigenvalue weighted by atomic mass is 32.2. The first-order valence-electron chi connectivity index (χ1n) is 11.2. The van der Waals surface area contributed by atoms with Crippen LogP contribution in [0.5, 0.6) is 0 Å². The van der Waals surface area contributed by atoms with E-state index >= 15 is 0 Å². The smallest absolute Gasteiger partial charge is 0.273 e. The molecule has 0 atom stereocenters. The molecule has 1 aliphatic rings. The maximum absolute atomic E-state index is 13.6. The number of rotatable bonds is 5. The lowest BCUT2D eigenvalue weighted by molar-refractivity contribution is 0.101. The van der Waals surface area contributed by atoms with Crippen LogP contribution in [-0.4, -0.2) is 62.3 Å². The van der Waals surface area contributed by atoms with Crippen LogP contribution in [0.25, 0.3) is 10.9 Å². The number of amides is 1. The minimum Gasteiger partial charge on any atom is -0.368 e. The number of anilines is 1. The lowest BCUT2D eigenvalue weighted by Crippen LogP contribution is -2.45. The third-order valence-electron chi connectivity index (χ3n) is 6.16. The van der Waals surface area contributed by atoms with Crippen LogP contribution < -0.4 is 10.3 Å². The zero-order valence-electron chi connectivity index (χ0n) is 19.1. The van der Waals surface area contributed by atoms with Crippen molar-refractivity contribution < 1.29 is 17.6 Å². The molecule has 180 valence electrons. The molecule has 0 saturated carbocycles. The number of para-hydroxylation sites is 1. The van der Waals surface area contributed by atoms with Crippen molar-refractivity contribution in [1.29, 1.82) is 0 Å². The number of hydrogen-bond donors (Lipinski definition) is 1. The maximum Gasteiger partial charge on any atom is 0.273 e. The van der Waals surface area contributed by atoms with Crippen LogP contribution in [0.1, 0.15) is 10.4 Å². The summed E-state index contributed by atoms with van der Waals surface area (Å²) in [6, 6.07) is 16.8. The van der Waals surface area contributed by atoms with Crippen molar-refractivity contribution in [3.8, 4) is 0 Å². The highest BCUT2D eigenvalue weighted by Gasteiger charge is 2.22. The summed E-state index contributed by atoms with van der Waals surface area (Å²) in [5, 5.41) is 4.76. The second-order valence-corrected chi connectivity index (χ2v) is 10.4. The average Bonchev–Trinajstić information content (AvgIpc) is 3.26. The van der Waals surface area contributed by atoms with Crippen LogP contribution in [0.4, 0.5) is 10.1 Å². The first kappa shape index (κ1) is 23.0. The van der Waals surface area contributed by atoms with Gasteiger partial charge in [0.25, 0.3) is 5.91 Å². The highest BCUT2D eigenvalue weighted by molar-refractivity contribution is 7.91. The van der Waals surface area contributed by atoms with Gasteiger partial charge in [-0.05, 0) is 55.6 Å². The van der Waals surface area contributed by atoms with Gasteiger partial charge in [-0.2, -0.15) is 9.89 Å². The molecule has 5 rings (SSSR count). The van der Waals surface area contributed by atoms with Gasteiger partial charge in [0.1, 0.15) is 5.82 Å². The van der Waals surface area contributed by atoms with Gasteiger partial charge in [0.05, 0.1) is 27.1 Å².